The summed E-state index contributed by atoms with van der Waals surface area (Å²) >= 11 is 0. The minimum absolute atomic E-state index is 0.534. The van der Waals surface area contributed by atoms with Crippen molar-refractivity contribution in [2.75, 3.05) is 40.3 Å². The van der Waals surface area contributed by atoms with Gasteiger partial charge in [-0.2, -0.15) is 0 Å². The Balaban J connectivity index is 1.72. The molecule has 100 valence electrons. The molecule has 1 saturated carbocycles. The predicted molar refractivity (Wildman–Crippen MR) is 71.3 cm³/mol. The van der Waals surface area contributed by atoms with Crippen LogP contribution in [0.25, 0.3) is 0 Å². The fourth-order valence-electron chi connectivity index (χ4n) is 3.14. The van der Waals surface area contributed by atoms with Crippen LogP contribution < -0.4 is 0 Å². The van der Waals surface area contributed by atoms with Crippen LogP contribution in [0.15, 0.2) is 0 Å². The van der Waals surface area contributed by atoms with Crippen molar-refractivity contribution in [2.24, 2.45) is 5.92 Å². The Morgan fingerprint density at radius 1 is 1.24 bits per heavy atom. The Kier molecular flexibility index (Phi) is 4.83. The number of piperidine rings is 1. The summed E-state index contributed by atoms with van der Waals surface area (Å²) in [6, 6.07) is 0.796. The van der Waals surface area contributed by atoms with E-state index in [0.29, 0.717) is 6.10 Å². The molecule has 2 aliphatic rings. The molecule has 0 spiro atoms. The van der Waals surface area contributed by atoms with Crippen LogP contribution in [0.4, 0.5) is 0 Å². The maximum absolute atomic E-state index is 5.38. The van der Waals surface area contributed by atoms with E-state index in [9.17, 15) is 0 Å². The lowest BCUT2D eigenvalue weighted by Gasteiger charge is -2.44. The van der Waals surface area contributed by atoms with Gasteiger partial charge in [-0.05, 0) is 58.3 Å². The molecule has 1 aliphatic carbocycles. The molecule has 1 aliphatic heterocycles. The highest BCUT2D eigenvalue weighted by atomic mass is 16.5. The fraction of sp³-hybridized carbons (Fsp3) is 1.00. The number of nitrogens with zero attached hydrogens (tertiary/aromatic N) is 2. The zero-order valence-electron chi connectivity index (χ0n) is 11.7. The second-order valence-corrected chi connectivity index (χ2v) is 5.82. The van der Waals surface area contributed by atoms with Crippen LogP contribution in [0.2, 0.25) is 0 Å². The zero-order chi connectivity index (χ0) is 12.3. The molecule has 17 heavy (non-hydrogen) atoms. The lowest BCUT2D eigenvalue weighted by atomic mass is 9.86. The largest absolute Gasteiger partial charge is 0.381 e. The fourth-order valence-corrected chi connectivity index (χ4v) is 3.14. The summed E-state index contributed by atoms with van der Waals surface area (Å²) in [5.41, 5.74) is 0. The van der Waals surface area contributed by atoms with Crippen LogP contribution in [-0.4, -0.2) is 62.3 Å². The first-order valence-electron chi connectivity index (χ1n) is 7.18. The van der Waals surface area contributed by atoms with Crippen molar-refractivity contribution < 1.29 is 4.74 Å². The minimum Gasteiger partial charge on any atom is -0.381 e. The van der Waals surface area contributed by atoms with Gasteiger partial charge in [0.1, 0.15) is 0 Å². The smallest absolute Gasteiger partial charge is 0.0601 e. The number of hydrogen-bond donors (Lipinski definition) is 0. The maximum Gasteiger partial charge on any atom is 0.0601 e. The van der Waals surface area contributed by atoms with Gasteiger partial charge in [-0.25, -0.2) is 0 Å². The van der Waals surface area contributed by atoms with Gasteiger partial charge in [0.25, 0.3) is 0 Å². The highest BCUT2D eigenvalue weighted by Gasteiger charge is 2.34. The number of ether oxygens (including phenoxy) is 1. The SMILES string of the molecule is CCN(CC1CCN(C)CC1)C1CC(OC)C1. The Bertz CT molecular complexity index is 220. The first-order chi connectivity index (χ1) is 8.22. The second kappa shape index (κ2) is 6.17. The van der Waals surface area contributed by atoms with E-state index >= 15 is 0 Å². The molecular formula is C14H28N2O. The topological polar surface area (TPSA) is 15.7 Å². The van der Waals surface area contributed by atoms with Gasteiger partial charge in [-0.15, -0.1) is 0 Å². The third kappa shape index (κ3) is 3.43. The second-order valence-electron chi connectivity index (χ2n) is 5.82. The normalized spacial score (nSPS) is 31.8. The average molecular weight is 240 g/mol. The van der Waals surface area contributed by atoms with Gasteiger partial charge >= 0.3 is 0 Å². The Labute approximate surface area is 106 Å². The monoisotopic (exact) mass is 240 g/mol. The van der Waals surface area contributed by atoms with E-state index in [0.717, 1.165) is 12.0 Å². The molecule has 0 radical (unpaired) electrons. The zero-order valence-corrected chi connectivity index (χ0v) is 11.7. The third-order valence-corrected chi connectivity index (χ3v) is 4.66. The van der Waals surface area contributed by atoms with Crippen LogP contribution in [-0.2, 0) is 4.74 Å². The predicted octanol–water partition coefficient (Wildman–Crippen LogP) is 1.83. The summed E-state index contributed by atoms with van der Waals surface area (Å²) < 4.78 is 5.38. The van der Waals surface area contributed by atoms with E-state index in [1.807, 2.05) is 7.11 Å². The van der Waals surface area contributed by atoms with Crippen molar-refractivity contribution in [3.8, 4) is 0 Å². The molecule has 0 aromatic heterocycles. The Morgan fingerprint density at radius 2 is 1.88 bits per heavy atom. The van der Waals surface area contributed by atoms with Crippen molar-refractivity contribution in [2.45, 2.75) is 44.8 Å². The van der Waals surface area contributed by atoms with Crippen molar-refractivity contribution >= 4 is 0 Å². The van der Waals surface area contributed by atoms with Crippen molar-refractivity contribution in [1.29, 1.82) is 0 Å². The molecule has 0 bridgehead atoms. The van der Waals surface area contributed by atoms with Crippen LogP contribution in [0.1, 0.15) is 32.6 Å². The molecule has 0 unspecified atom stereocenters. The van der Waals surface area contributed by atoms with E-state index in [2.05, 4.69) is 23.8 Å². The van der Waals surface area contributed by atoms with Gasteiger partial charge in [0.2, 0.25) is 0 Å². The molecule has 2 rings (SSSR count). The van der Waals surface area contributed by atoms with E-state index in [1.165, 1.54) is 51.9 Å². The molecule has 0 amide bonds. The summed E-state index contributed by atoms with van der Waals surface area (Å²) in [6.07, 6.45) is 5.79. The molecule has 0 atom stereocenters. The van der Waals surface area contributed by atoms with Crippen LogP contribution in [0.3, 0.4) is 0 Å². The molecule has 2 fully saturated rings. The highest BCUT2D eigenvalue weighted by molar-refractivity contribution is 4.88. The van der Waals surface area contributed by atoms with Gasteiger partial charge in [0.15, 0.2) is 0 Å². The summed E-state index contributed by atoms with van der Waals surface area (Å²) in [6.45, 7) is 7.38. The number of hydrogen-bond acceptors (Lipinski definition) is 3. The van der Waals surface area contributed by atoms with Gasteiger partial charge in [-0.1, -0.05) is 6.92 Å². The number of likely N-dealkylation sites (tertiary alicyclic amines) is 1. The lowest BCUT2D eigenvalue weighted by Crippen LogP contribution is -2.50. The average Bonchev–Trinajstić information content (AvgIpc) is 2.29. The van der Waals surface area contributed by atoms with Crippen molar-refractivity contribution in [1.82, 2.24) is 9.80 Å². The van der Waals surface area contributed by atoms with E-state index in [1.54, 1.807) is 0 Å². The Morgan fingerprint density at radius 3 is 2.41 bits per heavy atom. The molecule has 3 nitrogen and oxygen atoms in total. The molecule has 0 aromatic carbocycles. The minimum atomic E-state index is 0.534. The summed E-state index contributed by atoms with van der Waals surface area (Å²) in [4.78, 5) is 5.14. The van der Waals surface area contributed by atoms with Crippen LogP contribution in [0, 0.1) is 5.92 Å². The highest BCUT2D eigenvalue weighted by Crippen LogP contribution is 2.29. The maximum atomic E-state index is 5.38. The van der Waals surface area contributed by atoms with Crippen molar-refractivity contribution in [3.05, 3.63) is 0 Å². The van der Waals surface area contributed by atoms with E-state index in [-0.39, 0.29) is 0 Å². The van der Waals surface area contributed by atoms with Gasteiger partial charge in [0.05, 0.1) is 6.10 Å². The summed E-state index contributed by atoms with van der Waals surface area (Å²) in [7, 11) is 4.08. The van der Waals surface area contributed by atoms with Gasteiger partial charge in [0, 0.05) is 19.7 Å². The van der Waals surface area contributed by atoms with Gasteiger partial charge in [-0.3, -0.25) is 0 Å². The molecule has 1 heterocycles. The molecular weight excluding hydrogens is 212 g/mol. The van der Waals surface area contributed by atoms with Gasteiger partial charge < -0.3 is 14.5 Å². The molecule has 0 aromatic rings. The quantitative estimate of drug-likeness (QED) is 0.729. The first kappa shape index (κ1) is 13.3. The third-order valence-electron chi connectivity index (χ3n) is 4.66. The van der Waals surface area contributed by atoms with Crippen LogP contribution >= 0.6 is 0 Å². The van der Waals surface area contributed by atoms with E-state index in [4.69, 9.17) is 4.74 Å². The van der Waals surface area contributed by atoms with Crippen molar-refractivity contribution in [3.63, 3.8) is 0 Å². The summed E-state index contributed by atoms with van der Waals surface area (Å²) in [5.74, 6) is 0.924. The molecule has 3 heteroatoms. The van der Waals surface area contributed by atoms with E-state index < -0.39 is 0 Å². The summed E-state index contributed by atoms with van der Waals surface area (Å²) in [5, 5.41) is 0. The molecule has 0 N–H and O–H groups in total. The standard InChI is InChI=1S/C14H28N2O/c1-4-16(13-9-14(10-13)17-3)11-12-5-7-15(2)8-6-12/h12-14H,4-11H2,1-3H3. The Hall–Kier alpha value is -0.120. The lowest BCUT2D eigenvalue weighted by molar-refractivity contribution is -0.0319. The van der Waals surface area contributed by atoms with Crippen LogP contribution in [0.5, 0.6) is 0 Å². The molecule has 1 saturated heterocycles. The number of methoxy groups -OCH3 is 1. The number of rotatable bonds is 5. The first-order valence-corrected chi connectivity index (χ1v) is 7.18.